The van der Waals surface area contributed by atoms with E-state index < -0.39 is 0 Å². The van der Waals surface area contributed by atoms with Crippen LogP contribution in [0.15, 0.2) is 18.2 Å². The van der Waals surface area contributed by atoms with Crippen LogP contribution in [0.3, 0.4) is 0 Å². The van der Waals surface area contributed by atoms with E-state index in [0.717, 1.165) is 16.7 Å². The van der Waals surface area contributed by atoms with Crippen LogP contribution in [0.25, 0.3) is 0 Å². The smallest absolute Gasteiger partial charge is 0.314 e. The van der Waals surface area contributed by atoms with E-state index in [1.165, 1.54) is 7.11 Å². The van der Waals surface area contributed by atoms with Gasteiger partial charge in [-0.05, 0) is 19.4 Å². The Morgan fingerprint density at radius 1 is 1.33 bits per heavy atom. The number of hydrogen-bond donors (Lipinski definition) is 1. The number of methoxy groups -OCH3 is 1. The number of carbonyl (C=O) groups excluding carboxylic acids is 1. The topological polar surface area (TPSA) is 52.3 Å². The lowest BCUT2D eigenvalue weighted by Crippen LogP contribution is -2.22. The highest BCUT2D eigenvalue weighted by Crippen LogP contribution is 2.19. The van der Waals surface area contributed by atoms with Crippen LogP contribution in [0, 0.1) is 13.8 Å². The molecule has 1 rings (SSSR count). The second-order valence-electron chi connectivity index (χ2n) is 3.73. The maximum absolute atomic E-state index is 11.5. The van der Waals surface area contributed by atoms with E-state index in [2.05, 4.69) is 6.07 Å². The molecule has 0 aliphatic rings. The summed E-state index contributed by atoms with van der Waals surface area (Å²) < 4.78 is 4.72. The third-order valence-corrected chi connectivity index (χ3v) is 2.37. The number of aryl methyl sites for hydroxylation is 2. The van der Waals surface area contributed by atoms with Crippen molar-refractivity contribution in [2.75, 3.05) is 13.7 Å². The van der Waals surface area contributed by atoms with Crippen molar-refractivity contribution < 1.29 is 9.53 Å². The molecule has 1 aromatic rings. The van der Waals surface area contributed by atoms with Crippen LogP contribution in [0.2, 0.25) is 0 Å². The number of esters is 1. The molecule has 1 atom stereocenters. The summed E-state index contributed by atoms with van der Waals surface area (Å²) >= 11 is 0. The Hall–Kier alpha value is -1.35. The fourth-order valence-corrected chi connectivity index (χ4v) is 1.72. The summed E-state index contributed by atoms with van der Waals surface area (Å²) in [5, 5.41) is 0. The summed E-state index contributed by atoms with van der Waals surface area (Å²) in [6.45, 7) is 4.28. The molecule has 15 heavy (non-hydrogen) atoms. The Morgan fingerprint density at radius 3 is 2.27 bits per heavy atom. The molecular formula is C12H17NO2. The van der Waals surface area contributed by atoms with E-state index in [-0.39, 0.29) is 18.4 Å². The lowest BCUT2D eigenvalue weighted by molar-refractivity contribution is -0.142. The average molecular weight is 207 g/mol. The summed E-state index contributed by atoms with van der Waals surface area (Å²) in [5.41, 5.74) is 8.78. The zero-order valence-electron chi connectivity index (χ0n) is 9.41. The van der Waals surface area contributed by atoms with Crippen molar-refractivity contribution >= 4 is 5.97 Å². The van der Waals surface area contributed by atoms with Crippen LogP contribution in [0.4, 0.5) is 0 Å². The number of rotatable bonds is 3. The number of ether oxygens (including phenoxy) is 1. The molecule has 0 aromatic heterocycles. The molecular weight excluding hydrogens is 190 g/mol. The molecule has 3 heteroatoms. The lowest BCUT2D eigenvalue weighted by atomic mass is 9.96. The largest absolute Gasteiger partial charge is 0.469 e. The summed E-state index contributed by atoms with van der Waals surface area (Å²) in [6, 6.07) is 6.01. The van der Waals surface area contributed by atoms with Crippen LogP contribution in [-0.2, 0) is 9.53 Å². The number of carbonyl (C=O) groups is 1. The van der Waals surface area contributed by atoms with Gasteiger partial charge < -0.3 is 10.5 Å². The summed E-state index contributed by atoms with van der Waals surface area (Å²) in [4.78, 5) is 11.5. The molecule has 0 radical (unpaired) electrons. The highest BCUT2D eigenvalue weighted by atomic mass is 16.5. The Morgan fingerprint density at radius 2 is 1.87 bits per heavy atom. The van der Waals surface area contributed by atoms with Gasteiger partial charge in [-0.1, -0.05) is 29.3 Å². The first kappa shape index (κ1) is 11.7. The lowest BCUT2D eigenvalue weighted by Gasteiger charge is -2.14. The van der Waals surface area contributed by atoms with Crippen molar-refractivity contribution in [2.24, 2.45) is 5.73 Å². The van der Waals surface area contributed by atoms with Crippen LogP contribution in [0.5, 0.6) is 0 Å². The summed E-state index contributed by atoms with van der Waals surface area (Å²) in [7, 11) is 1.38. The molecule has 0 saturated heterocycles. The molecule has 0 amide bonds. The van der Waals surface area contributed by atoms with Gasteiger partial charge >= 0.3 is 5.97 Å². The fraction of sp³-hybridized carbons (Fsp3) is 0.417. The highest BCUT2D eigenvalue weighted by molar-refractivity contribution is 5.78. The first-order chi connectivity index (χ1) is 7.08. The molecule has 2 N–H and O–H groups in total. The fourth-order valence-electron chi connectivity index (χ4n) is 1.72. The Labute approximate surface area is 90.2 Å². The molecule has 0 aliphatic heterocycles. The van der Waals surface area contributed by atoms with E-state index in [4.69, 9.17) is 10.5 Å². The van der Waals surface area contributed by atoms with Crippen molar-refractivity contribution in [3.63, 3.8) is 0 Å². The van der Waals surface area contributed by atoms with Gasteiger partial charge in [-0.25, -0.2) is 0 Å². The Bertz CT molecular complexity index is 340. The molecule has 0 saturated carbocycles. The number of benzene rings is 1. The first-order valence-electron chi connectivity index (χ1n) is 4.94. The van der Waals surface area contributed by atoms with Crippen molar-refractivity contribution in [3.8, 4) is 0 Å². The maximum atomic E-state index is 11.5. The van der Waals surface area contributed by atoms with Crippen LogP contribution >= 0.6 is 0 Å². The number of hydrogen-bond acceptors (Lipinski definition) is 3. The SMILES string of the molecule is COC(=O)C(CN)c1cc(C)cc(C)c1. The van der Waals surface area contributed by atoms with Gasteiger partial charge in [0.05, 0.1) is 13.0 Å². The summed E-state index contributed by atoms with van der Waals surface area (Å²) in [5.74, 6) is -0.629. The van der Waals surface area contributed by atoms with Crippen LogP contribution in [0.1, 0.15) is 22.6 Å². The maximum Gasteiger partial charge on any atom is 0.314 e. The van der Waals surface area contributed by atoms with Gasteiger partial charge in [-0.3, -0.25) is 4.79 Å². The molecule has 82 valence electrons. The van der Waals surface area contributed by atoms with Crippen molar-refractivity contribution in [1.29, 1.82) is 0 Å². The second kappa shape index (κ2) is 4.94. The third kappa shape index (κ3) is 2.80. The van der Waals surface area contributed by atoms with Crippen LogP contribution < -0.4 is 5.73 Å². The Balaban J connectivity index is 3.06. The monoisotopic (exact) mass is 207 g/mol. The average Bonchev–Trinajstić information content (AvgIpc) is 2.17. The molecule has 3 nitrogen and oxygen atoms in total. The minimum Gasteiger partial charge on any atom is -0.469 e. The molecule has 1 aromatic carbocycles. The van der Waals surface area contributed by atoms with Crippen LogP contribution in [-0.4, -0.2) is 19.6 Å². The van der Waals surface area contributed by atoms with Gasteiger partial charge in [0.25, 0.3) is 0 Å². The van der Waals surface area contributed by atoms with Gasteiger partial charge in [0.1, 0.15) is 0 Å². The van der Waals surface area contributed by atoms with Gasteiger partial charge in [-0.2, -0.15) is 0 Å². The predicted molar refractivity (Wildman–Crippen MR) is 59.7 cm³/mol. The molecule has 0 aliphatic carbocycles. The van der Waals surface area contributed by atoms with Gasteiger partial charge in [0.15, 0.2) is 0 Å². The molecule has 0 fully saturated rings. The van der Waals surface area contributed by atoms with E-state index in [1.807, 2.05) is 26.0 Å². The van der Waals surface area contributed by atoms with E-state index >= 15 is 0 Å². The predicted octanol–water partition coefficient (Wildman–Crippen LogP) is 1.52. The molecule has 0 spiro atoms. The van der Waals surface area contributed by atoms with Gasteiger partial charge in [-0.15, -0.1) is 0 Å². The quantitative estimate of drug-likeness (QED) is 0.764. The summed E-state index contributed by atoms with van der Waals surface area (Å²) in [6.07, 6.45) is 0. The zero-order valence-corrected chi connectivity index (χ0v) is 9.41. The van der Waals surface area contributed by atoms with Gasteiger partial charge in [0, 0.05) is 6.54 Å². The zero-order chi connectivity index (χ0) is 11.4. The number of nitrogens with two attached hydrogens (primary N) is 1. The molecule has 1 unspecified atom stereocenters. The normalized spacial score (nSPS) is 12.3. The first-order valence-corrected chi connectivity index (χ1v) is 4.94. The standard InChI is InChI=1S/C12H17NO2/c1-8-4-9(2)6-10(5-8)11(7-13)12(14)15-3/h4-6,11H,7,13H2,1-3H3. The van der Waals surface area contributed by atoms with Crippen molar-refractivity contribution in [3.05, 3.63) is 34.9 Å². The van der Waals surface area contributed by atoms with Crippen molar-refractivity contribution in [2.45, 2.75) is 19.8 Å². The van der Waals surface area contributed by atoms with E-state index in [0.29, 0.717) is 0 Å². The van der Waals surface area contributed by atoms with E-state index in [1.54, 1.807) is 0 Å². The molecule has 0 bridgehead atoms. The second-order valence-corrected chi connectivity index (χ2v) is 3.73. The third-order valence-electron chi connectivity index (χ3n) is 2.37. The molecule has 0 heterocycles. The van der Waals surface area contributed by atoms with Gasteiger partial charge in [0.2, 0.25) is 0 Å². The van der Waals surface area contributed by atoms with E-state index in [9.17, 15) is 4.79 Å². The Kier molecular flexibility index (Phi) is 3.86. The minimum atomic E-state index is -0.353. The highest BCUT2D eigenvalue weighted by Gasteiger charge is 2.19. The minimum absolute atomic E-state index is 0.273. The van der Waals surface area contributed by atoms with Crippen molar-refractivity contribution in [1.82, 2.24) is 0 Å².